The maximum absolute atomic E-state index is 6.45. The van der Waals surface area contributed by atoms with Crippen LogP contribution in [0.1, 0.15) is 25.0 Å². The Balaban J connectivity index is 1.18. The Hall–Kier alpha value is -6.42. The van der Waals surface area contributed by atoms with Crippen molar-refractivity contribution in [2.75, 3.05) is 4.90 Å². The van der Waals surface area contributed by atoms with Gasteiger partial charge in [-0.1, -0.05) is 166 Å². The second-order valence-corrected chi connectivity index (χ2v) is 18.7. The topological polar surface area (TPSA) is 16.4 Å². The summed E-state index contributed by atoms with van der Waals surface area (Å²) in [5.74, 6) is 0. The van der Waals surface area contributed by atoms with Crippen LogP contribution in [0.4, 0.5) is 17.1 Å². The highest BCUT2D eigenvalue weighted by Gasteiger charge is 2.41. The third-order valence-electron chi connectivity index (χ3n) is 11.6. The Morgan fingerprint density at radius 2 is 0.870 bits per heavy atom. The number of benzene rings is 8. The maximum atomic E-state index is 6.45. The summed E-state index contributed by atoms with van der Waals surface area (Å²) >= 11 is 0. The summed E-state index contributed by atoms with van der Waals surface area (Å²) in [7, 11) is -2.67. The monoisotopic (exact) mass is 709 g/mol. The highest BCUT2D eigenvalue weighted by Crippen LogP contribution is 2.50. The van der Waals surface area contributed by atoms with E-state index in [0.717, 1.165) is 39.0 Å². The van der Waals surface area contributed by atoms with Crippen molar-refractivity contribution >= 4 is 67.8 Å². The van der Waals surface area contributed by atoms with E-state index in [-0.39, 0.29) is 5.41 Å². The van der Waals surface area contributed by atoms with Crippen LogP contribution in [-0.2, 0) is 5.41 Å². The van der Waals surface area contributed by atoms with Gasteiger partial charge in [0.1, 0.15) is 11.2 Å². The molecule has 1 aliphatic rings. The van der Waals surface area contributed by atoms with E-state index in [2.05, 4.69) is 207 Å². The quantitative estimate of drug-likeness (QED) is 0.121. The van der Waals surface area contributed by atoms with E-state index >= 15 is 0 Å². The van der Waals surface area contributed by atoms with Gasteiger partial charge in [-0.15, -0.1) is 0 Å². The lowest BCUT2D eigenvalue weighted by Gasteiger charge is -2.35. The molecule has 9 aromatic rings. The number of nitrogens with zero attached hydrogens (tertiary/aromatic N) is 1. The first kappa shape index (κ1) is 32.2. The van der Waals surface area contributed by atoms with Gasteiger partial charge in [0.2, 0.25) is 0 Å². The minimum absolute atomic E-state index is 0.119. The molecule has 0 radical (unpaired) electrons. The van der Waals surface area contributed by atoms with Gasteiger partial charge in [-0.2, -0.15) is 0 Å². The number of hydrogen-bond donors (Lipinski definition) is 0. The molecule has 0 aliphatic heterocycles. The summed E-state index contributed by atoms with van der Waals surface area (Å²) in [6.45, 7) is 4.70. The third-order valence-corrected chi connectivity index (χ3v) is 16.4. The van der Waals surface area contributed by atoms with Gasteiger partial charge in [-0.05, 0) is 85.5 Å². The average Bonchev–Trinajstić information content (AvgIpc) is 3.71. The zero-order valence-electron chi connectivity index (χ0n) is 30.4. The Morgan fingerprint density at radius 1 is 0.389 bits per heavy atom. The van der Waals surface area contributed by atoms with Crippen LogP contribution in [0.3, 0.4) is 0 Å². The molecule has 0 bridgehead atoms. The standard InChI is InChI=1S/C51H39NOSi/c1-51(2)47-24-14-12-22-43(47)44-32-28-37(34-48(44)51)52(38-29-33-46-45-23-13-15-25-49(45)53-50(46)35-38)36-26-30-42(31-27-36)54(39-16-6-3-7-17-39,40-18-8-4-9-19-40)41-20-10-5-11-21-41/h3-35H,1-2H3. The molecule has 1 heterocycles. The molecule has 0 saturated heterocycles. The highest BCUT2D eigenvalue weighted by molar-refractivity contribution is 7.19. The van der Waals surface area contributed by atoms with Crippen LogP contribution in [0.2, 0.25) is 0 Å². The molecule has 54 heavy (non-hydrogen) atoms. The largest absolute Gasteiger partial charge is 0.456 e. The van der Waals surface area contributed by atoms with Crippen LogP contribution in [-0.4, -0.2) is 8.07 Å². The number of furan rings is 1. The zero-order valence-corrected chi connectivity index (χ0v) is 31.4. The van der Waals surface area contributed by atoms with Crippen molar-refractivity contribution in [3.05, 3.63) is 211 Å². The van der Waals surface area contributed by atoms with Gasteiger partial charge in [0.25, 0.3) is 0 Å². The molecule has 2 nitrogen and oxygen atoms in total. The number of para-hydroxylation sites is 1. The lowest BCUT2D eigenvalue weighted by molar-refractivity contribution is 0.660. The van der Waals surface area contributed by atoms with E-state index in [9.17, 15) is 0 Å². The summed E-state index contributed by atoms with van der Waals surface area (Å²) in [4.78, 5) is 2.40. The molecule has 1 aromatic heterocycles. The SMILES string of the molecule is CC1(C)c2ccccc2-c2ccc(N(c3ccc([Si](c4ccccc4)(c4ccccc4)c4ccccc4)cc3)c3ccc4c(c3)oc3ccccc34)cc21. The average molecular weight is 710 g/mol. The molecule has 0 N–H and O–H groups in total. The summed E-state index contributed by atoms with van der Waals surface area (Å²) in [6.07, 6.45) is 0. The lowest BCUT2D eigenvalue weighted by atomic mass is 9.82. The van der Waals surface area contributed by atoms with Crippen LogP contribution in [0.5, 0.6) is 0 Å². The highest BCUT2D eigenvalue weighted by atomic mass is 28.3. The van der Waals surface area contributed by atoms with E-state index in [1.165, 1.54) is 43.0 Å². The van der Waals surface area contributed by atoms with Crippen LogP contribution < -0.4 is 25.6 Å². The van der Waals surface area contributed by atoms with Crippen molar-refractivity contribution in [3.8, 4) is 11.1 Å². The van der Waals surface area contributed by atoms with Crippen LogP contribution in [0, 0.1) is 0 Å². The summed E-state index contributed by atoms with van der Waals surface area (Å²) in [5.41, 5.74) is 10.3. The van der Waals surface area contributed by atoms with Crippen LogP contribution in [0.15, 0.2) is 205 Å². The van der Waals surface area contributed by atoms with Gasteiger partial charge in [-0.25, -0.2) is 0 Å². The maximum Gasteiger partial charge on any atom is 0.179 e. The third kappa shape index (κ3) is 4.93. The molecule has 0 amide bonds. The van der Waals surface area contributed by atoms with Crippen molar-refractivity contribution in [3.63, 3.8) is 0 Å². The number of anilines is 3. The summed E-state index contributed by atoms with van der Waals surface area (Å²) in [5, 5.41) is 7.69. The van der Waals surface area contributed by atoms with Crippen molar-refractivity contribution in [1.29, 1.82) is 0 Å². The molecule has 0 unspecified atom stereocenters. The van der Waals surface area contributed by atoms with Gasteiger partial charge >= 0.3 is 0 Å². The van der Waals surface area contributed by atoms with Crippen LogP contribution in [0.25, 0.3) is 33.1 Å². The van der Waals surface area contributed by atoms with Crippen molar-refractivity contribution in [2.24, 2.45) is 0 Å². The molecule has 1 aliphatic carbocycles. The van der Waals surface area contributed by atoms with E-state index in [0.29, 0.717) is 0 Å². The van der Waals surface area contributed by atoms with E-state index in [1.807, 2.05) is 12.1 Å². The fourth-order valence-corrected chi connectivity index (χ4v) is 13.8. The molecule has 10 rings (SSSR count). The molecule has 0 spiro atoms. The lowest BCUT2D eigenvalue weighted by Crippen LogP contribution is -2.74. The van der Waals surface area contributed by atoms with Gasteiger partial charge in [0, 0.05) is 39.3 Å². The molecular weight excluding hydrogens is 671 g/mol. The number of hydrogen-bond acceptors (Lipinski definition) is 2. The van der Waals surface area contributed by atoms with Crippen LogP contribution >= 0.6 is 0 Å². The van der Waals surface area contributed by atoms with Crippen molar-refractivity contribution in [2.45, 2.75) is 19.3 Å². The molecular formula is C51H39NOSi. The first-order valence-electron chi connectivity index (χ1n) is 18.8. The van der Waals surface area contributed by atoms with Gasteiger partial charge in [0.15, 0.2) is 8.07 Å². The predicted molar refractivity (Wildman–Crippen MR) is 230 cm³/mol. The molecule has 0 fully saturated rings. The van der Waals surface area contributed by atoms with E-state index < -0.39 is 8.07 Å². The van der Waals surface area contributed by atoms with Crippen molar-refractivity contribution < 1.29 is 4.42 Å². The second kappa shape index (κ2) is 12.6. The Bertz CT molecular complexity index is 2690. The molecule has 8 aromatic carbocycles. The Morgan fingerprint density at radius 3 is 1.54 bits per heavy atom. The van der Waals surface area contributed by atoms with E-state index in [4.69, 9.17) is 4.42 Å². The van der Waals surface area contributed by atoms with Gasteiger partial charge < -0.3 is 9.32 Å². The van der Waals surface area contributed by atoms with Gasteiger partial charge in [0.05, 0.1) is 0 Å². The number of rotatable bonds is 7. The minimum atomic E-state index is -2.67. The normalized spacial score (nSPS) is 13.1. The second-order valence-electron chi connectivity index (χ2n) is 14.9. The predicted octanol–water partition coefficient (Wildman–Crippen LogP) is 10.7. The Labute approximate surface area is 317 Å². The first-order chi connectivity index (χ1) is 26.5. The fraction of sp³-hybridized carbons (Fsp3) is 0.0588. The smallest absolute Gasteiger partial charge is 0.179 e. The zero-order chi connectivity index (χ0) is 36.3. The molecule has 0 atom stereocenters. The van der Waals surface area contributed by atoms with E-state index in [1.54, 1.807) is 0 Å². The fourth-order valence-electron chi connectivity index (χ4n) is 9.06. The summed E-state index contributed by atoms with van der Waals surface area (Å²) < 4.78 is 6.45. The molecule has 0 saturated carbocycles. The van der Waals surface area contributed by atoms with Gasteiger partial charge in [-0.3, -0.25) is 0 Å². The summed E-state index contributed by atoms with van der Waals surface area (Å²) in [6, 6.07) is 73.6. The molecule has 258 valence electrons. The van der Waals surface area contributed by atoms with Crippen molar-refractivity contribution in [1.82, 2.24) is 0 Å². The number of fused-ring (bicyclic) bond motifs is 6. The first-order valence-corrected chi connectivity index (χ1v) is 20.8. The Kier molecular flexibility index (Phi) is 7.53. The minimum Gasteiger partial charge on any atom is -0.456 e. The molecule has 3 heteroatoms.